The molecule has 0 rings (SSSR count). The number of thiol groups is 1. The lowest BCUT2D eigenvalue weighted by Gasteiger charge is -2.24. The lowest BCUT2D eigenvalue weighted by atomic mass is 9.84. The molecule has 0 atom stereocenters. The van der Waals surface area contributed by atoms with Gasteiger partial charge >= 0.3 is 0 Å². The van der Waals surface area contributed by atoms with E-state index in [4.69, 9.17) is 0 Å². The van der Waals surface area contributed by atoms with Crippen LogP contribution in [-0.4, -0.2) is 0 Å². The third kappa shape index (κ3) is 4.36. The Morgan fingerprint density at radius 3 is 1.57 bits per heavy atom. The minimum Gasteiger partial charge on any atom is -0.147 e. The van der Waals surface area contributed by atoms with Gasteiger partial charge in [0, 0.05) is 0 Å². The van der Waals surface area contributed by atoms with Gasteiger partial charge in [-0.2, -0.15) is 0 Å². The Hall–Kier alpha value is -0.170. The van der Waals surface area contributed by atoms with Gasteiger partial charge in [-0.25, -0.2) is 0 Å². The highest BCUT2D eigenvalue weighted by Gasteiger charge is 2.18. The zero-order chi connectivity index (χ0) is 11.6. The molecule has 0 spiro atoms. The average Bonchev–Trinajstić information content (AvgIpc) is 1.95. The molecule has 0 amide bonds. The van der Waals surface area contributed by atoms with Gasteiger partial charge in [-0.1, -0.05) is 47.6 Å². The quantitative estimate of drug-likeness (QED) is 0.467. The molecule has 0 aromatic rings. The van der Waals surface area contributed by atoms with Gasteiger partial charge in [0.15, 0.2) is 0 Å². The molecule has 0 radical (unpaired) electrons. The van der Waals surface area contributed by atoms with Crippen molar-refractivity contribution in [2.45, 2.75) is 48.5 Å². The van der Waals surface area contributed by atoms with Crippen molar-refractivity contribution >= 4 is 12.6 Å². The van der Waals surface area contributed by atoms with Gasteiger partial charge in [-0.05, 0) is 34.3 Å². The third-order valence-electron chi connectivity index (χ3n) is 2.24. The SMILES string of the molecule is C/C=C(\C=C(/S)C(C)(C)C)C(C)(C)C. The van der Waals surface area contributed by atoms with Crippen molar-refractivity contribution in [2.75, 3.05) is 0 Å². The minimum absolute atomic E-state index is 0.141. The Balaban J connectivity index is 4.99. The molecule has 0 aromatic carbocycles. The van der Waals surface area contributed by atoms with E-state index in [0.717, 1.165) is 4.91 Å². The molecule has 0 heterocycles. The van der Waals surface area contributed by atoms with E-state index in [9.17, 15) is 0 Å². The summed E-state index contributed by atoms with van der Waals surface area (Å²) in [4.78, 5) is 1.14. The summed E-state index contributed by atoms with van der Waals surface area (Å²) in [5.41, 5.74) is 1.69. The van der Waals surface area contributed by atoms with Crippen LogP contribution in [0.25, 0.3) is 0 Å². The van der Waals surface area contributed by atoms with E-state index in [0.29, 0.717) is 0 Å². The average molecular weight is 212 g/mol. The fourth-order valence-electron chi connectivity index (χ4n) is 1.10. The fourth-order valence-corrected chi connectivity index (χ4v) is 1.24. The molecular formula is C13H24S. The van der Waals surface area contributed by atoms with Gasteiger partial charge in [-0.15, -0.1) is 12.6 Å². The summed E-state index contributed by atoms with van der Waals surface area (Å²) in [6, 6.07) is 0. The third-order valence-corrected chi connectivity index (χ3v) is 3.04. The fraction of sp³-hybridized carbons (Fsp3) is 0.692. The highest BCUT2D eigenvalue weighted by Crippen LogP contribution is 2.33. The zero-order valence-corrected chi connectivity index (χ0v) is 11.5. The summed E-state index contributed by atoms with van der Waals surface area (Å²) in [7, 11) is 0. The van der Waals surface area contributed by atoms with Crippen LogP contribution in [0.5, 0.6) is 0 Å². The second-order valence-corrected chi connectivity index (χ2v) is 6.26. The van der Waals surface area contributed by atoms with Crippen molar-refractivity contribution in [3.63, 3.8) is 0 Å². The van der Waals surface area contributed by atoms with Gasteiger partial charge in [-0.3, -0.25) is 0 Å². The highest BCUT2D eigenvalue weighted by atomic mass is 32.1. The molecule has 0 bridgehead atoms. The molecule has 0 fully saturated rings. The van der Waals surface area contributed by atoms with E-state index in [-0.39, 0.29) is 10.8 Å². The summed E-state index contributed by atoms with van der Waals surface area (Å²) in [5.74, 6) is 0. The summed E-state index contributed by atoms with van der Waals surface area (Å²) >= 11 is 4.56. The molecular weight excluding hydrogens is 188 g/mol. The lowest BCUT2D eigenvalue weighted by Crippen LogP contribution is -2.11. The van der Waals surface area contributed by atoms with Crippen LogP contribution in [0.2, 0.25) is 0 Å². The molecule has 0 unspecified atom stereocenters. The Morgan fingerprint density at radius 2 is 1.36 bits per heavy atom. The molecule has 82 valence electrons. The second-order valence-electron chi connectivity index (χ2n) is 5.77. The molecule has 0 saturated carbocycles. The predicted molar refractivity (Wildman–Crippen MR) is 69.7 cm³/mol. The van der Waals surface area contributed by atoms with Gasteiger partial charge < -0.3 is 0 Å². The first-order chi connectivity index (χ1) is 6.09. The molecule has 0 aliphatic rings. The maximum atomic E-state index is 4.56. The Kier molecular flexibility index (Phi) is 4.51. The second kappa shape index (κ2) is 4.57. The van der Waals surface area contributed by atoms with Crippen LogP contribution in [0, 0.1) is 10.8 Å². The molecule has 0 aliphatic carbocycles. The van der Waals surface area contributed by atoms with E-state index in [1.54, 1.807) is 0 Å². The van der Waals surface area contributed by atoms with E-state index in [2.05, 4.69) is 73.2 Å². The summed E-state index contributed by atoms with van der Waals surface area (Å²) < 4.78 is 0. The van der Waals surface area contributed by atoms with Crippen LogP contribution in [0.15, 0.2) is 22.6 Å². The maximum absolute atomic E-state index is 4.56. The van der Waals surface area contributed by atoms with E-state index >= 15 is 0 Å². The zero-order valence-electron chi connectivity index (χ0n) is 10.6. The number of allylic oxidation sites excluding steroid dienone is 4. The predicted octanol–water partition coefficient (Wildman–Crippen LogP) is 4.84. The van der Waals surface area contributed by atoms with Gasteiger partial charge in [0.1, 0.15) is 0 Å². The summed E-state index contributed by atoms with van der Waals surface area (Å²) in [6.45, 7) is 15.3. The highest BCUT2D eigenvalue weighted by molar-refractivity contribution is 7.84. The van der Waals surface area contributed by atoms with Gasteiger partial charge in [0.05, 0.1) is 0 Å². The van der Waals surface area contributed by atoms with Gasteiger partial charge in [0.25, 0.3) is 0 Å². The first-order valence-electron chi connectivity index (χ1n) is 5.17. The van der Waals surface area contributed by atoms with Crippen molar-refractivity contribution in [3.05, 3.63) is 22.6 Å². The molecule has 0 N–H and O–H groups in total. The lowest BCUT2D eigenvalue weighted by molar-refractivity contribution is 0.505. The Morgan fingerprint density at radius 1 is 0.929 bits per heavy atom. The Bertz CT molecular complexity index is 243. The van der Waals surface area contributed by atoms with Crippen molar-refractivity contribution in [2.24, 2.45) is 10.8 Å². The maximum Gasteiger partial charge on any atom is -0.00745 e. The monoisotopic (exact) mass is 212 g/mol. The first-order valence-corrected chi connectivity index (χ1v) is 5.61. The van der Waals surface area contributed by atoms with Gasteiger partial charge in [0.2, 0.25) is 0 Å². The first kappa shape index (κ1) is 13.8. The van der Waals surface area contributed by atoms with E-state index in [1.807, 2.05) is 0 Å². The van der Waals surface area contributed by atoms with E-state index in [1.165, 1.54) is 5.57 Å². The summed E-state index contributed by atoms with van der Waals surface area (Å²) in [6.07, 6.45) is 4.37. The molecule has 0 aliphatic heterocycles. The van der Waals surface area contributed by atoms with Crippen molar-refractivity contribution in [1.82, 2.24) is 0 Å². The molecule has 0 aromatic heterocycles. The normalized spacial score (nSPS) is 16.0. The summed E-state index contributed by atoms with van der Waals surface area (Å²) in [5, 5.41) is 0. The van der Waals surface area contributed by atoms with Crippen LogP contribution >= 0.6 is 12.6 Å². The van der Waals surface area contributed by atoms with Crippen LogP contribution in [-0.2, 0) is 0 Å². The van der Waals surface area contributed by atoms with Crippen molar-refractivity contribution < 1.29 is 0 Å². The van der Waals surface area contributed by atoms with Crippen molar-refractivity contribution in [3.8, 4) is 0 Å². The number of hydrogen-bond acceptors (Lipinski definition) is 1. The molecule has 1 heteroatoms. The van der Waals surface area contributed by atoms with Crippen LogP contribution < -0.4 is 0 Å². The number of hydrogen-bond donors (Lipinski definition) is 1. The Labute approximate surface area is 94.9 Å². The minimum atomic E-state index is 0.141. The van der Waals surface area contributed by atoms with Crippen molar-refractivity contribution in [1.29, 1.82) is 0 Å². The van der Waals surface area contributed by atoms with E-state index < -0.39 is 0 Å². The molecule has 14 heavy (non-hydrogen) atoms. The van der Waals surface area contributed by atoms with Crippen LogP contribution in [0.3, 0.4) is 0 Å². The molecule has 0 saturated heterocycles. The smallest absolute Gasteiger partial charge is 0.00745 e. The van der Waals surface area contributed by atoms with Crippen LogP contribution in [0.4, 0.5) is 0 Å². The topological polar surface area (TPSA) is 0 Å². The standard InChI is InChI=1S/C13H24S/c1-8-10(12(2,3)4)9-11(14)13(5,6)7/h8-9,14H,1-7H3/b10-8+,11-9-. The van der Waals surface area contributed by atoms with Crippen LogP contribution in [0.1, 0.15) is 48.5 Å². The molecule has 0 nitrogen and oxygen atoms in total. The number of rotatable bonds is 1. The largest absolute Gasteiger partial charge is 0.147 e.